The number of nitrogens with zero attached hydrogens (tertiary/aromatic N) is 2. The molecule has 2 aliphatic heterocycles. The second-order valence-corrected chi connectivity index (χ2v) is 7.84. The minimum absolute atomic E-state index is 0.136. The first kappa shape index (κ1) is 17.3. The maximum Gasteiger partial charge on any atom is 0.357 e. The average Bonchev–Trinajstić information content (AvgIpc) is 3.23. The number of aliphatic hydroxyl groups excluding tert-OH is 1. The van der Waals surface area contributed by atoms with Crippen LogP contribution in [0, 0.1) is 17.4 Å². The van der Waals surface area contributed by atoms with Crippen LogP contribution in [0.4, 0.5) is 11.4 Å². The van der Waals surface area contributed by atoms with Crippen LogP contribution in [0.3, 0.4) is 0 Å². The summed E-state index contributed by atoms with van der Waals surface area (Å²) in [6, 6.07) is 10.1. The highest BCUT2D eigenvalue weighted by molar-refractivity contribution is 6.53. The number of carbonyl (C=O) groups is 1. The normalized spacial score (nSPS) is 22.1. The Kier molecular flexibility index (Phi) is 3.95. The van der Waals surface area contributed by atoms with E-state index in [1.54, 1.807) is 0 Å². The summed E-state index contributed by atoms with van der Waals surface area (Å²) >= 11 is 0. The Morgan fingerprint density at radius 2 is 1.82 bits per heavy atom. The topological polar surface area (TPSA) is 71.2 Å². The van der Waals surface area contributed by atoms with Gasteiger partial charge in [-0.3, -0.25) is 0 Å². The van der Waals surface area contributed by atoms with Crippen LogP contribution in [0.25, 0.3) is 5.57 Å². The number of hydrogen-bond donors (Lipinski definition) is 1. The lowest BCUT2D eigenvalue weighted by Crippen LogP contribution is -2.29. The first-order valence-electron chi connectivity index (χ1n) is 9.83. The van der Waals surface area contributed by atoms with E-state index in [1.807, 2.05) is 38.1 Å². The fourth-order valence-electron chi connectivity index (χ4n) is 4.51. The zero-order valence-corrected chi connectivity index (χ0v) is 16.0. The van der Waals surface area contributed by atoms with E-state index in [2.05, 4.69) is 11.1 Å². The molecule has 0 unspecified atom stereocenters. The summed E-state index contributed by atoms with van der Waals surface area (Å²) in [4.78, 5) is 22.2. The third-order valence-electron chi connectivity index (χ3n) is 6.02. The highest BCUT2D eigenvalue weighted by atomic mass is 16.5. The SMILES string of the molecule is CC1=c2c(cc3c(c2C)N=c2ccccc2=3)N=C1C(=O)O[C@H]1CC[C@@H](O)CC1. The van der Waals surface area contributed by atoms with E-state index in [1.165, 1.54) is 0 Å². The fourth-order valence-corrected chi connectivity index (χ4v) is 4.51. The maximum atomic E-state index is 12.8. The van der Waals surface area contributed by atoms with Gasteiger partial charge in [-0.2, -0.15) is 0 Å². The molecule has 5 heteroatoms. The third kappa shape index (κ3) is 2.61. The first-order valence-corrected chi connectivity index (χ1v) is 9.83. The van der Waals surface area contributed by atoms with Crippen LogP contribution in [0.15, 0.2) is 40.3 Å². The van der Waals surface area contributed by atoms with E-state index in [9.17, 15) is 9.90 Å². The molecule has 2 heterocycles. The molecule has 1 fully saturated rings. The van der Waals surface area contributed by atoms with Crippen LogP contribution in [0.1, 0.15) is 38.2 Å². The van der Waals surface area contributed by atoms with Gasteiger partial charge in [0.2, 0.25) is 0 Å². The average molecular weight is 374 g/mol. The van der Waals surface area contributed by atoms with Crippen molar-refractivity contribution in [3.8, 4) is 0 Å². The molecule has 28 heavy (non-hydrogen) atoms. The molecule has 3 aliphatic rings. The van der Waals surface area contributed by atoms with Gasteiger partial charge in [0, 0.05) is 15.7 Å². The standard InChI is InChI=1S/C23H22N2O3/c1-12-20-13(2)22(23(27)28-15-9-7-14(26)8-10-15)25-19(20)11-17-16-5-3-4-6-18(16)24-21(12)17/h3-6,11,14-15,26H,7-10H2,1-2H3/t14-,15+. The Morgan fingerprint density at radius 1 is 1.07 bits per heavy atom. The number of aliphatic hydroxyl groups is 1. The van der Waals surface area contributed by atoms with Crippen molar-refractivity contribution in [2.24, 2.45) is 9.98 Å². The van der Waals surface area contributed by atoms with Crippen LogP contribution in [-0.4, -0.2) is 29.0 Å². The maximum absolute atomic E-state index is 12.8. The van der Waals surface area contributed by atoms with Crippen molar-refractivity contribution in [1.82, 2.24) is 0 Å². The second kappa shape index (κ2) is 6.38. The summed E-state index contributed by atoms with van der Waals surface area (Å²) in [6.07, 6.45) is 2.36. The monoisotopic (exact) mass is 374 g/mol. The zero-order valence-electron chi connectivity index (χ0n) is 16.0. The van der Waals surface area contributed by atoms with Crippen molar-refractivity contribution < 1.29 is 14.6 Å². The fraction of sp³-hybridized carbons (Fsp3) is 0.348. The molecule has 0 spiro atoms. The Morgan fingerprint density at radius 3 is 2.61 bits per heavy atom. The summed E-state index contributed by atoms with van der Waals surface area (Å²) < 4.78 is 5.70. The number of ether oxygens (including phenoxy) is 1. The summed E-state index contributed by atoms with van der Waals surface area (Å²) in [5.74, 6) is -0.369. The van der Waals surface area contributed by atoms with E-state index in [0.29, 0.717) is 31.4 Å². The second-order valence-electron chi connectivity index (χ2n) is 7.84. The highest BCUT2D eigenvalue weighted by Crippen LogP contribution is 2.29. The first-order chi connectivity index (χ1) is 13.5. The van der Waals surface area contributed by atoms with Gasteiger partial charge in [0.05, 0.1) is 22.8 Å². The van der Waals surface area contributed by atoms with Gasteiger partial charge in [0.25, 0.3) is 0 Å². The number of esters is 1. The molecule has 5 nitrogen and oxygen atoms in total. The third-order valence-corrected chi connectivity index (χ3v) is 6.02. The number of para-hydroxylation sites is 1. The molecule has 2 aromatic rings. The smallest absolute Gasteiger partial charge is 0.357 e. The molecule has 1 saturated carbocycles. The highest BCUT2D eigenvalue weighted by Gasteiger charge is 2.28. The molecule has 0 aromatic heterocycles. The van der Waals surface area contributed by atoms with E-state index < -0.39 is 0 Å². The van der Waals surface area contributed by atoms with Gasteiger partial charge < -0.3 is 9.84 Å². The lowest BCUT2D eigenvalue weighted by Gasteiger charge is -2.25. The van der Waals surface area contributed by atoms with Crippen LogP contribution in [0.2, 0.25) is 0 Å². The predicted octanol–water partition coefficient (Wildman–Crippen LogP) is 2.65. The van der Waals surface area contributed by atoms with E-state index in [4.69, 9.17) is 9.73 Å². The van der Waals surface area contributed by atoms with Crippen LogP contribution >= 0.6 is 0 Å². The van der Waals surface area contributed by atoms with Gasteiger partial charge >= 0.3 is 5.97 Å². The van der Waals surface area contributed by atoms with Crippen molar-refractivity contribution in [2.75, 3.05) is 0 Å². The van der Waals surface area contributed by atoms with Gasteiger partial charge in [0.15, 0.2) is 5.71 Å². The molecular formula is C23H22N2O3. The molecule has 0 saturated heterocycles. The minimum Gasteiger partial charge on any atom is -0.458 e. The van der Waals surface area contributed by atoms with E-state index >= 15 is 0 Å². The van der Waals surface area contributed by atoms with Gasteiger partial charge in [0.1, 0.15) is 6.10 Å². The molecule has 142 valence electrons. The van der Waals surface area contributed by atoms with Crippen molar-refractivity contribution in [1.29, 1.82) is 0 Å². The molecule has 5 rings (SSSR count). The van der Waals surface area contributed by atoms with E-state index in [0.717, 1.165) is 43.5 Å². The van der Waals surface area contributed by atoms with Crippen molar-refractivity contribution in [3.63, 3.8) is 0 Å². The summed E-state index contributed by atoms with van der Waals surface area (Å²) in [6.45, 7) is 3.97. The molecule has 1 aliphatic carbocycles. The number of benzene rings is 2. The molecule has 0 radical (unpaired) electrons. The number of carbonyl (C=O) groups excluding carboxylic acids is 1. The number of rotatable bonds is 2. The molecule has 0 atom stereocenters. The van der Waals surface area contributed by atoms with Crippen LogP contribution in [-0.2, 0) is 9.53 Å². The summed E-state index contributed by atoms with van der Waals surface area (Å²) in [5, 5.41) is 13.8. The van der Waals surface area contributed by atoms with Crippen molar-refractivity contribution in [2.45, 2.75) is 51.7 Å². The van der Waals surface area contributed by atoms with Gasteiger partial charge in [-0.1, -0.05) is 18.2 Å². The van der Waals surface area contributed by atoms with Crippen LogP contribution in [0.5, 0.6) is 0 Å². The summed E-state index contributed by atoms with van der Waals surface area (Å²) in [7, 11) is 0. The largest absolute Gasteiger partial charge is 0.458 e. The zero-order chi connectivity index (χ0) is 19.4. The van der Waals surface area contributed by atoms with Crippen molar-refractivity contribution >= 4 is 28.6 Å². The van der Waals surface area contributed by atoms with Crippen LogP contribution < -0.4 is 10.6 Å². The lowest BCUT2D eigenvalue weighted by atomic mass is 9.95. The summed E-state index contributed by atoms with van der Waals surface area (Å²) in [5.41, 5.74) is 4.06. The van der Waals surface area contributed by atoms with Gasteiger partial charge in [-0.05, 0) is 62.8 Å². The molecule has 1 N–H and O–H groups in total. The molecular weight excluding hydrogens is 352 g/mol. The predicted molar refractivity (Wildman–Crippen MR) is 106 cm³/mol. The Bertz CT molecular complexity index is 1250. The Labute approximate surface area is 162 Å². The molecule has 0 bridgehead atoms. The van der Waals surface area contributed by atoms with Gasteiger partial charge in [-0.15, -0.1) is 0 Å². The van der Waals surface area contributed by atoms with Crippen molar-refractivity contribution in [3.05, 3.63) is 56.9 Å². The number of fused-ring (bicyclic) bond motifs is 3. The lowest BCUT2D eigenvalue weighted by molar-refractivity contribution is -0.142. The Hall–Kier alpha value is -2.79. The van der Waals surface area contributed by atoms with Gasteiger partial charge in [-0.25, -0.2) is 14.8 Å². The number of hydrogen-bond acceptors (Lipinski definition) is 5. The molecule has 2 aromatic carbocycles. The van der Waals surface area contributed by atoms with E-state index in [-0.39, 0.29) is 18.2 Å². The quantitative estimate of drug-likeness (QED) is 0.701. The molecule has 0 amide bonds. The minimum atomic E-state index is -0.369. The Balaban J connectivity index is 1.55. The number of aliphatic imine (C=N–C) groups is 1.